The molecule has 27 heavy (non-hydrogen) atoms. The molecule has 0 radical (unpaired) electrons. The lowest BCUT2D eigenvalue weighted by atomic mass is 9.93. The van der Waals surface area contributed by atoms with Gasteiger partial charge in [-0.3, -0.25) is 10.1 Å². The molecule has 0 saturated carbocycles. The Kier molecular flexibility index (Phi) is 5.70. The summed E-state index contributed by atoms with van der Waals surface area (Å²) < 4.78 is 6.23. The summed E-state index contributed by atoms with van der Waals surface area (Å²) in [5, 5.41) is 4.16. The SMILES string of the molecule is Cc1cc2c(cc1C)C(C)C(C(=O)N(CC1CCCS1)C1CCCCN1)O2. The zero-order chi connectivity index (χ0) is 19.0. The maximum absolute atomic E-state index is 13.6. The molecular weight excluding hydrogens is 356 g/mol. The van der Waals surface area contributed by atoms with Crippen molar-refractivity contribution in [2.75, 3.05) is 18.8 Å². The van der Waals surface area contributed by atoms with Crippen molar-refractivity contribution in [3.05, 3.63) is 28.8 Å². The molecule has 2 fully saturated rings. The predicted octanol–water partition coefficient (Wildman–Crippen LogP) is 3.99. The number of benzene rings is 1. The number of fused-ring (bicyclic) bond motifs is 1. The summed E-state index contributed by atoms with van der Waals surface area (Å²) in [5.41, 5.74) is 3.68. The van der Waals surface area contributed by atoms with Crippen molar-refractivity contribution in [2.45, 2.75) is 76.3 Å². The first kappa shape index (κ1) is 19.1. The van der Waals surface area contributed by atoms with Crippen LogP contribution in [0.3, 0.4) is 0 Å². The van der Waals surface area contributed by atoms with Gasteiger partial charge in [0.25, 0.3) is 5.91 Å². The van der Waals surface area contributed by atoms with Gasteiger partial charge in [-0.25, -0.2) is 0 Å². The predicted molar refractivity (Wildman–Crippen MR) is 112 cm³/mol. The van der Waals surface area contributed by atoms with Crippen LogP contribution in [0.25, 0.3) is 0 Å². The molecule has 0 aliphatic carbocycles. The molecule has 4 rings (SSSR count). The van der Waals surface area contributed by atoms with Crippen LogP contribution in [0.4, 0.5) is 0 Å². The van der Waals surface area contributed by atoms with Gasteiger partial charge in [0.1, 0.15) is 5.75 Å². The highest BCUT2D eigenvalue weighted by Crippen LogP contribution is 2.41. The van der Waals surface area contributed by atoms with Gasteiger partial charge in [-0.2, -0.15) is 11.8 Å². The molecule has 1 N–H and O–H groups in total. The highest BCUT2D eigenvalue weighted by Gasteiger charge is 2.41. The first-order valence-electron chi connectivity index (χ1n) is 10.5. The molecule has 3 aliphatic heterocycles. The van der Waals surface area contributed by atoms with E-state index in [0.717, 1.165) is 25.3 Å². The van der Waals surface area contributed by atoms with E-state index >= 15 is 0 Å². The minimum atomic E-state index is -0.392. The van der Waals surface area contributed by atoms with Crippen molar-refractivity contribution in [2.24, 2.45) is 0 Å². The second-order valence-corrected chi connectivity index (χ2v) is 9.80. The highest BCUT2D eigenvalue weighted by atomic mass is 32.2. The Labute approximate surface area is 167 Å². The minimum Gasteiger partial charge on any atom is -0.480 e. The summed E-state index contributed by atoms with van der Waals surface area (Å²) in [6.07, 6.45) is 5.72. The number of amides is 1. The number of carbonyl (C=O) groups is 1. The number of piperidine rings is 1. The van der Waals surface area contributed by atoms with Gasteiger partial charge in [0.05, 0.1) is 6.17 Å². The number of ether oxygens (including phenoxy) is 1. The van der Waals surface area contributed by atoms with E-state index in [9.17, 15) is 4.79 Å². The third-order valence-corrected chi connectivity index (χ3v) is 7.82. The van der Waals surface area contributed by atoms with Gasteiger partial charge < -0.3 is 9.64 Å². The molecule has 3 aliphatic rings. The second kappa shape index (κ2) is 8.04. The number of thioether (sulfide) groups is 1. The van der Waals surface area contributed by atoms with Crippen LogP contribution in [-0.4, -0.2) is 47.2 Å². The van der Waals surface area contributed by atoms with Crippen molar-refractivity contribution in [3.63, 3.8) is 0 Å². The van der Waals surface area contributed by atoms with E-state index in [2.05, 4.69) is 43.1 Å². The standard InChI is InChI=1S/C22H32N2O2S/c1-14-11-18-16(3)21(26-19(18)12-15(14)2)22(25)24(13-17-7-6-10-27-17)20-8-4-5-9-23-20/h11-12,16-17,20-21,23H,4-10,13H2,1-3H3. The number of hydrogen-bond donors (Lipinski definition) is 1. The number of hydrogen-bond acceptors (Lipinski definition) is 4. The Balaban J connectivity index is 1.55. The molecule has 0 aromatic heterocycles. The fourth-order valence-corrected chi connectivity index (χ4v) is 5.84. The third kappa shape index (κ3) is 3.86. The van der Waals surface area contributed by atoms with Crippen molar-refractivity contribution in [1.29, 1.82) is 0 Å². The highest BCUT2D eigenvalue weighted by molar-refractivity contribution is 8.00. The Morgan fingerprint density at radius 1 is 1.22 bits per heavy atom. The third-order valence-electron chi connectivity index (χ3n) is 6.44. The summed E-state index contributed by atoms with van der Waals surface area (Å²) in [6.45, 7) is 8.23. The molecule has 148 valence electrons. The quantitative estimate of drug-likeness (QED) is 0.847. The van der Waals surface area contributed by atoms with Gasteiger partial charge in [-0.05, 0) is 75.4 Å². The Bertz CT molecular complexity index is 696. The maximum Gasteiger partial charge on any atom is 0.265 e. The van der Waals surface area contributed by atoms with E-state index in [1.54, 1.807) is 0 Å². The fraction of sp³-hybridized carbons (Fsp3) is 0.682. The topological polar surface area (TPSA) is 41.6 Å². The first-order chi connectivity index (χ1) is 13.0. The van der Waals surface area contributed by atoms with E-state index in [1.807, 2.05) is 11.8 Å². The maximum atomic E-state index is 13.6. The van der Waals surface area contributed by atoms with E-state index in [0.29, 0.717) is 5.25 Å². The number of nitrogens with one attached hydrogen (secondary N) is 1. The van der Waals surface area contributed by atoms with Gasteiger partial charge in [0.15, 0.2) is 6.10 Å². The smallest absolute Gasteiger partial charge is 0.265 e. The number of carbonyl (C=O) groups excluding carboxylic acids is 1. The van der Waals surface area contributed by atoms with Crippen LogP contribution >= 0.6 is 11.8 Å². The van der Waals surface area contributed by atoms with Crippen LogP contribution in [0.15, 0.2) is 12.1 Å². The van der Waals surface area contributed by atoms with E-state index in [-0.39, 0.29) is 18.0 Å². The average molecular weight is 389 g/mol. The van der Waals surface area contributed by atoms with Crippen LogP contribution in [0.1, 0.15) is 61.6 Å². The van der Waals surface area contributed by atoms with Crippen LogP contribution in [0.2, 0.25) is 0 Å². The Hall–Kier alpha value is -1.20. The first-order valence-corrected chi connectivity index (χ1v) is 11.5. The van der Waals surface area contributed by atoms with Crippen LogP contribution < -0.4 is 10.1 Å². The molecular formula is C22H32N2O2S. The fourth-order valence-electron chi connectivity index (χ4n) is 4.58. The number of aryl methyl sites for hydroxylation is 2. The molecule has 3 heterocycles. The summed E-state index contributed by atoms with van der Waals surface area (Å²) >= 11 is 2.02. The lowest BCUT2D eigenvalue weighted by Gasteiger charge is -2.38. The van der Waals surface area contributed by atoms with Crippen LogP contribution in [-0.2, 0) is 4.79 Å². The largest absolute Gasteiger partial charge is 0.480 e. The van der Waals surface area contributed by atoms with Crippen molar-refractivity contribution in [1.82, 2.24) is 10.2 Å². The van der Waals surface area contributed by atoms with Gasteiger partial charge in [0.2, 0.25) is 0 Å². The zero-order valence-electron chi connectivity index (χ0n) is 16.8. The van der Waals surface area contributed by atoms with Gasteiger partial charge in [-0.15, -0.1) is 0 Å². The Morgan fingerprint density at radius 3 is 2.74 bits per heavy atom. The molecule has 0 spiro atoms. The molecule has 4 unspecified atom stereocenters. The van der Waals surface area contributed by atoms with Gasteiger partial charge in [0, 0.05) is 23.3 Å². The molecule has 4 atom stereocenters. The molecule has 1 aromatic rings. The molecule has 5 heteroatoms. The average Bonchev–Trinajstić information content (AvgIpc) is 3.29. The summed E-state index contributed by atoms with van der Waals surface area (Å²) in [5.74, 6) is 2.40. The zero-order valence-corrected chi connectivity index (χ0v) is 17.6. The normalized spacial score (nSPS) is 30.0. The summed E-state index contributed by atoms with van der Waals surface area (Å²) in [6, 6.07) is 4.31. The number of nitrogens with zero attached hydrogens (tertiary/aromatic N) is 1. The van der Waals surface area contributed by atoms with E-state index in [4.69, 9.17) is 4.74 Å². The summed E-state index contributed by atoms with van der Waals surface area (Å²) in [7, 11) is 0. The molecule has 1 amide bonds. The molecule has 0 bridgehead atoms. The lowest BCUT2D eigenvalue weighted by molar-refractivity contribution is -0.142. The summed E-state index contributed by atoms with van der Waals surface area (Å²) in [4.78, 5) is 15.8. The van der Waals surface area contributed by atoms with Crippen LogP contribution in [0, 0.1) is 13.8 Å². The van der Waals surface area contributed by atoms with E-state index < -0.39 is 6.10 Å². The Morgan fingerprint density at radius 2 is 2.04 bits per heavy atom. The van der Waals surface area contributed by atoms with Crippen molar-refractivity contribution < 1.29 is 9.53 Å². The minimum absolute atomic E-state index is 0.106. The monoisotopic (exact) mass is 388 g/mol. The molecule has 1 aromatic carbocycles. The van der Waals surface area contributed by atoms with Crippen LogP contribution in [0.5, 0.6) is 5.75 Å². The molecule has 4 nitrogen and oxygen atoms in total. The van der Waals surface area contributed by atoms with Crippen molar-refractivity contribution >= 4 is 17.7 Å². The van der Waals surface area contributed by atoms with E-state index in [1.165, 1.54) is 48.1 Å². The van der Waals surface area contributed by atoms with Gasteiger partial charge in [-0.1, -0.05) is 13.0 Å². The van der Waals surface area contributed by atoms with Crippen molar-refractivity contribution in [3.8, 4) is 5.75 Å². The molecule has 2 saturated heterocycles. The lowest BCUT2D eigenvalue weighted by Crippen LogP contribution is -2.56. The second-order valence-electron chi connectivity index (χ2n) is 8.39. The number of rotatable bonds is 4. The van der Waals surface area contributed by atoms with Gasteiger partial charge >= 0.3 is 0 Å².